The van der Waals surface area contributed by atoms with Gasteiger partial charge in [-0.15, -0.1) is 11.3 Å². The highest BCUT2D eigenvalue weighted by Crippen LogP contribution is 2.33. The number of aromatic nitrogens is 3. The monoisotopic (exact) mass is 532 g/mol. The maximum absolute atomic E-state index is 13.2. The van der Waals surface area contributed by atoms with Crippen molar-refractivity contribution in [3.63, 3.8) is 0 Å². The molecule has 0 spiro atoms. The van der Waals surface area contributed by atoms with Crippen LogP contribution in [-0.2, 0) is 19.4 Å². The largest absolute Gasteiger partial charge is 0.493 e. The summed E-state index contributed by atoms with van der Waals surface area (Å²) in [6.07, 6.45) is 4.34. The van der Waals surface area contributed by atoms with E-state index in [1.165, 1.54) is 0 Å². The van der Waals surface area contributed by atoms with E-state index in [1.54, 1.807) is 25.6 Å². The van der Waals surface area contributed by atoms with Crippen LogP contribution in [0.15, 0.2) is 48.0 Å². The first-order valence-electron chi connectivity index (χ1n) is 13.0. The number of methoxy groups -OCH3 is 2. The molecule has 8 heteroatoms. The molecule has 3 aromatic heterocycles. The number of hydrogen-bond acceptors (Lipinski definition) is 6. The summed E-state index contributed by atoms with van der Waals surface area (Å²) in [5.41, 5.74) is 6.62. The lowest BCUT2D eigenvalue weighted by Crippen LogP contribution is -2.32. The second-order valence-corrected chi connectivity index (χ2v) is 10.2. The summed E-state index contributed by atoms with van der Waals surface area (Å²) in [6, 6.07) is 12.1. The van der Waals surface area contributed by atoms with Crippen molar-refractivity contribution in [3.05, 3.63) is 70.5 Å². The van der Waals surface area contributed by atoms with E-state index in [2.05, 4.69) is 40.2 Å². The number of nitrogens with one attached hydrogen (secondary N) is 1. The number of hydrogen-bond donors (Lipinski definition) is 1. The smallest absolute Gasteiger partial charge is 0.253 e. The van der Waals surface area contributed by atoms with Crippen LogP contribution in [0.5, 0.6) is 11.5 Å². The molecule has 7 nitrogen and oxygen atoms in total. The van der Waals surface area contributed by atoms with Gasteiger partial charge in [0.15, 0.2) is 11.5 Å². The van der Waals surface area contributed by atoms with Crippen LogP contribution in [0.3, 0.4) is 0 Å². The van der Waals surface area contributed by atoms with Crippen molar-refractivity contribution in [1.29, 1.82) is 0 Å². The molecule has 0 aliphatic carbocycles. The molecular weight excluding hydrogens is 496 g/mol. The molecule has 0 saturated heterocycles. The average molecular weight is 533 g/mol. The van der Waals surface area contributed by atoms with Gasteiger partial charge in [-0.2, -0.15) is 0 Å². The van der Waals surface area contributed by atoms with E-state index in [0.717, 1.165) is 58.2 Å². The van der Waals surface area contributed by atoms with E-state index in [4.69, 9.17) is 14.5 Å². The molecule has 4 rings (SSSR count). The van der Waals surface area contributed by atoms with Crippen LogP contribution in [0.1, 0.15) is 54.5 Å². The Labute approximate surface area is 228 Å². The number of carbonyl (C=O) groups excluding carboxylic acids is 1. The molecule has 0 bridgehead atoms. The van der Waals surface area contributed by atoms with Gasteiger partial charge >= 0.3 is 0 Å². The van der Waals surface area contributed by atoms with Gasteiger partial charge in [-0.05, 0) is 69.0 Å². The summed E-state index contributed by atoms with van der Waals surface area (Å²) >= 11 is 1.60. The van der Waals surface area contributed by atoms with Gasteiger partial charge in [0.2, 0.25) is 0 Å². The van der Waals surface area contributed by atoms with Crippen LogP contribution in [0.25, 0.3) is 22.0 Å². The van der Waals surface area contributed by atoms with Crippen molar-refractivity contribution in [2.75, 3.05) is 14.2 Å². The molecule has 200 valence electrons. The van der Waals surface area contributed by atoms with Gasteiger partial charge in [0.05, 0.1) is 31.2 Å². The Hall–Kier alpha value is -3.65. The third-order valence-electron chi connectivity index (χ3n) is 6.87. The second kappa shape index (κ2) is 12.3. The predicted molar refractivity (Wildman–Crippen MR) is 153 cm³/mol. The lowest BCUT2D eigenvalue weighted by atomic mass is 10.1. The molecule has 4 aromatic rings. The summed E-state index contributed by atoms with van der Waals surface area (Å²) in [7, 11) is 3.28. The zero-order valence-electron chi connectivity index (χ0n) is 23.0. The standard InChI is InChI=1S/C30H36N4O3S/c1-7-19(3)32-29(35)24-17-26(25-18-38-30(33-25)22-11-13-31-23(8-2)16-22)34(20(24)4)14-12-21-9-10-27(36-5)28(15-21)37-6/h9-11,13,15-19H,7-8,12,14H2,1-6H3,(H,32,35). The summed E-state index contributed by atoms with van der Waals surface area (Å²) < 4.78 is 13.1. The SMILES string of the molecule is CCc1cc(-c2nc(-c3cc(C(=O)NC(C)CC)c(C)n3CCc3ccc(OC)c(OC)c3)cs2)ccn1. The third-order valence-corrected chi connectivity index (χ3v) is 7.76. The number of nitrogens with zero attached hydrogens (tertiary/aromatic N) is 3. The minimum Gasteiger partial charge on any atom is -0.493 e. The van der Waals surface area contributed by atoms with Crippen molar-refractivity contribution in [1.82, 2.24) is 19.9 Å². The van der Waals surface area contributed by atoms with Gasteiger partial charge in [-0.3, -0.25) is 9.78 Å². The molecule has 0 radical (unpaired) electrons. The van der Waals surface area contributed by atoms with Crippen molar-refractivity contribution in [2.45, 2.75) is 59.5 Å². The van der Waals surface area contributed by atoms with Crippen LogP contribution < -0.4 is 14.8 Å². The van der Waals surface area contributed by atoms with E-state index in [0.29, 0.717) is 23.6 Å². The van der Waals surface area contributed by atoms with Gasteiger partial charge in [0.1, 0.15) is 5.01 Å². The molecule has 0 aliphatic heterocycles. The van der Waals surface area contributed by atoms with Crippen molar-refractivity contribution < 1.29 is 14.3 Å². The van der Waals surface area contributed by atoms with Crippen LogP contribution in [0, 0.1) is 6.92 Å². The first-order valence-corrected chi connectivity index (χ1v) is 13.9. The zero-order chi connectivity index (χ0) is 27.2. The molecule has 3 heterocycles. The fourth-order valence-electron chi connectivity index (χ4n) is 4.38. The molecule has 1 unspecified atom stereocenters. The first kappa shape index (κ1) is 27.4. The number of amides is 1. The Morgan fingerprint density at radius 1 is 1.11 bits per heavy atom. The van der Waals surface area contributed by atoms with E-state index in [-0.39, 0.29) is 11.9 Å². The lowest BCUT2D eigenvalue weighted by molar-refractivity contribution is 0.0938. The number of benzene rings is 1. The van der Waals surface area contributed by atoms with E-state index in [9.17, 15) is 4.79 Å². The van der Waals surface area contributed by atoms with E-state index < -0.39 is 0 Å². The fraction of sp³-hybridized carbons (Fsp3) is 0.367. The predicted octanol–water partition coefficient (Wildman–Crippen LogP) is 6.33. The Morgan fingerprint density at radius 2 is 1.89 bits per heavy atom. The molecule has 0 saturated carbocycles. The number of ether oxygens (including phenoxy) is 2. The van der Waals surface area contributed by atoms with Crippen LogP contribution in [-0.4, -0.2) is 40.7 Å². The maximum atomic E-state index is 13.2. The molecular formula is C30H36N4O3S. The molecule has 0 aliphatic rings. The van der Waals surface area contributed by atoms with Crippen molar-refractivity contribution >= 4 is 17.2 Å². The summed E-state index contributed by atoms with van der Waals surface area (Å²) in [6.45, 7) is 8.88. The first-order chi connectivity index (χ1) is 18.4. The Kier molecular flexibility index (Phi) is 8.84. The van der Waals surface area contributed by atoms with Gasteiger partial charge in [-0.25, -0.2) is 4.98 Å². The minimum absolute atomic E-state index is 0.0554. The normalized spacial score (nSPS) is 11.8. The van der Waals surface area contributed by atoms with E-state index >= 15 is 0 Å². The van der Waals surface area contributed by atoms with Gasteiger partial charge in [0, 0.05) is 41.1 Å². The second-order valence-electron chi connectivity index (χ2n) is 9.33. The number of aryl methyl sites for hydroxylation is 2. The molecule has 1 N–H and O–H groups in total. The van der Waals surface area contributed by atoms with Gasteiger partial charge < -0.3 is 19.4 Å². The van der Waals surface area contributed by atoms with Crippen LogP contribution in [0.4, 0.5) is 0 Å². The maximum Gasteiger partial charge on any atom is 0.253 e. The van der Waals surface area contributed by atoms with Crippen LogP contribution in [0.2, 0.25) is 0 Å². The third kappa shape index (κ3) is 5.91. The Balaban J connectivity index is 1.70. The Morgan fingerprint density at radius 3 is 2.61 bits per heavy atom. The topological polar surface area (TPSA) is 78.3 Å². The van der Waals surface area contributed by atoms with Crippen molar-refractivity contribution in [3.8, 4) is 33.5 Å². The number of carbonyl (C=O) groups is 1. The van der Waals surface area contributed by atoms with Crippen LogP contribution >= 0.6 is 11.3 Å². The van der Waals surface area contributed by atoms with Gasteiger partial charge in [-0.1, -0.05) is 19.9 Å². The number of rotatable bonds is 11. The molecule has 1 aromatic carbocycles. The quantitative estimate of drug-likeness (QED) is 0.244. The lowest BCUT2D eigenvalue weighted by Gasteiger charge is -2.14. The molecule has 1 atom stereocenters. The summed E-state index contributed by atoms with van der Waals surface area (Å²) in [4.78, 5) is 22.6. The number of thiazole rings is 1. The minimum atomic E-state index is -0.0554. The molecule has 1 amide bonds. The van der Waals surface area contributed by atoms with Gasteiger partial charge in [0.25, 0.3) is 5.91 Å². The molecule has 0 fully saturated rings. The highest BCUT2D eigenvalue weighted by molar-refractivity contribution is 7.13. The zero-order valence-corrected chi connectivity index (χ0v) is 23.8. The van der Waals surface area contributed by atoms with Crippen molar-refractivity contribution in [2.24, 2.45) is 0 Å². The average Bonchev–Trinajstić information content (AvgIpc) is 3.56. The fourth-order valence-corrected chi connectivity index (χ4v) is 5.20. The number of pyridine rings is 1. The highest BCUT2D eigenvalue weighted by Gasteiger charge is 2.21. The van der Waals surface area contributed by atoms with E-state index in [1.807, 2.05) is 50.4 Å². The molecule has 38 heavy (non-hydrogen) atoms. The Bertz CT molecular complexity index is 1410. The highest BCUT2D eigenvalue weighted by atomic mass is 32.1. The summed E-state index contributed by atoms with van der Waals surface area (Å²) in [5.74, 6) is 1.35. The summed E-state index contributed by atoms with van der Waals surface area (Å²) in [5, 5.41) is 6.12.